The fraction of sp³-hybridized carbons (Fsp3) is 0.207. The highest BCUT2D eigenvalue weighted by atomic mass is 79.9. The molecule has 0 saturated carbocycles. The van der Waals surface area contributed by atoms with Crippen molar-refractivity contribution in [3.63, 3.8) is 0 Å². The number of amides is 1. The minimum Gasteiger partial charge on any atom is -0.503 e. The van der Waals surface area contributed by atoms with E-state index in [1.807, 2.05) is 48.5 Å². The Morgan fingerprint density at radius 1 is 1.05 bits per heavy atom. The lowest BCUT2D eigenvalue weighted by atomic mass is 9.94. The van der Waals surface area contributed by atoms with Crippen LogP contribution < -0.4 is 4.90 Å². The zero-order valence-corrected chi connectivity index (χ0v) is 22.1. The van der Waals surface area contributed by atoms with Crippen LogP contribution in [-0.2, 0) is 11.3 Å². The number of carbonyl (C=O) groups is 2. The van der Waals surface area contributed by atoms with Gasteiger partial charge in [-0.1, -0.05) is 28.1 Å². The summed E-state index contributed by atoms with van der Waals surface area (Å²) in [6, 6.07) is 17.7. The third-order valence-electron chi connectivity index (χ3n) is 6.69. The zero-order valence-electron chi connectivity index (χ0n) is 20.5. The van der Waals surface area contributed by atoms with Gasteiger partial charge in [-0.05, 0) is 73.5 Å². The van der Waals surface area contributed by atoms with E-state index in [4.69, 9.17) is 4.42 Å². The minimum atomic E-state index is -0.779. The second-order valence-electron chi connectivity index (χ2n) is 8.84. The molecule has 188 valence electrons. The van der Waals surface area contributed by atoms with E-state index in [9.17, 15) is 14.7 Å². The summed E-state index contributed by atoms with van der Waals surface area (Å²) in [5, 5.41) is 11.8. The Bertz CT molecular complexity index is 1490. The van der Waals surface area contributed by atoms with Gasteiger partial charge in [-0.25, -0.2) is 0 Å². The van der Waals surface area contributed by atoms with Crippen molar-refractivity contribution in [2.45, 2.75) is 26.4 Å². The van der Waals surface area contributed by atoms with Crippen molar-refractivity contribution in [1.82, 2.24) is 9.88 Å². The van der Waals surface area contributed by atoms with Crippen LogP contribution in [0, 0.1) is 0 Å². The van der Waals surface area contributed by atoms with Gasteiger partial charge in [-0.15, -0.1) is 0 Å². The Morgan fingerprint density at radius 2 is 1.76 bits per heavy atom. The van der Waals surface area contributed by atoms with E-state index >= 15 is 0 Å². The fourth-order valence-electron chi connectivity index (χ4n) is 4.80. The summed E-state index contributed by atoms with van der Waals surface area (Å²) in [4.78, 5) is 34.9. The lowest BCUT2D eigenvalue weighted by Crippen LogP contribution is -2.30. The van der Waals surface area contributed by atoms with E-state index in [0.717, 1.165) is 39.8 Å². The van der Waals surface area contributed by atoms with Crippen LogP contribution in [0.1, 0.15) is 41.6 Å². The number of nitrogens with zero attached hydrogens (tertiary/aromatic N) is 3. The Kier molecular flexibility index (Phi) is 6.84. The van der Waals surface area contributed by atoms with E-state index in [1.54, 1.807) is 24.5 Å². The molecule has 3 heterocycles. The predicted octanol–water partition coefficient (Wildman–Crippen LogP) is 6.22. The monoisotopic (exact) mass is 559 g/mol. The molecule has 0 saturated heterocycles. The number of rotatable bonds is 8. The smallest absolute Gasteiger partial charge is 0.290 e. The van der Waals surface area contributed by atoms with Crippen molar-refractivity contribution in [3.8, 4) is 0 Å². The molecule has 0 spiro atoms. The first-order chi connectivity index (χ1) is 17.9. The normalized spacial score (nSPS) is 15.6. The van der Waals surface area contributed by atoms with Crippen LogP contribution in [0.2, 0.25) is 0 Å². The Labute approximate surface area is 223 Å². The second-order valence-corrected chi connectivity index (χ2v) is 9.75. The maximum Gasteiger partial charge on any atom is 0.290 e. The molecule has 0 radical (unpaired) electrons. The molecule has 7 nitrogen and oxygen atoms in total. The van der Waals surface area contributed by atoms with Gasteiger partial charge in [-0.2, -0.15) is 0 Å². The first-order valence-corrected chi connectivity index (χ1v) is 12.9. The third kappa shape index (κ3) is 4.64. The van der Waals surface area contributed by atoms with Gasteiger partial charge in [0.05, 0.1) is 11.6 Å². The standard InChI is InChI=1S/C29H26BrN3O4/c1-3-32(4-2)22-8-5-19(6-9-22)26-25(27(34)24-16-20-15-21(30)7-10-23(20)37-24)28(35)29(36)33(26)17-18-11-13-31-14-12-18/h5-16,26,35H,3-4,17H2,1-2H3. The largest absolute Gasteiger partial charge is 0.503 e. The highest BCUT2D eigenvalue weighted by Crippen LogP contribution is 2.41. The molecule has 1 amide bonds. The molecule has 1 N–H and O–H groups in total. The van der Waals surface area contributed by atoms with E-state index in [0.29, 0.717) is 5.58 Å². The molecular formula is C29H26BrN3O4. The maximum absolute atomic E-state index is 13.8. The van der Waals surface area contributed by atoms with Crippen molar-refractivity contribution < 1.29 is 19.1 Å². The minimum absolute atomic E-state index is 0.00719. The summed E-state index contributed by atoms with van der Waals surface area (Å²) in [5.74, 6) is -1.61. The topological polar surface area (TPSA) is 86.9 Å². The van der Waals surface area contributed by atoms with Crippen LogP contribution in [0.3, 0.4) is 0 Å². The van der Waals surface area contributed by atoms with Gasteiger partial charge >= 0.3 is 0 Å². The van der Waals surface area contributed by atoms with E-state index in [2.05, 4.69) is 39.7 Å². The molecule has 1 unspecified atom stereocenters. The predicted molar refractivity (Wildman–Crippen MR) is 145 cm³/mol. The number of benzene rings is 2. The van der Waals surface area contributed by atoms with E-state index in [1.165, 1.54) is 4.90 Å². The summed E-state index contributed by atoms with van der Waals surface area (Å²) in [6.07, 6.45) is 3.30. The van der Waals surface area contributed by atoms with Crippen molar-refractivity contribution in [1.29, 1.82) is 0 Å². The first kappa shape index (κ1) is 24.8. The summed E-state index contributed by atoms with van der Waals surface area (Å²) >= 11 is 3.43. The number of furan rings is 1. The number of aromatic nitrogens is 1. The molecular weight excluding hydrogens is 534 g/mol. The van der Waals surface area contributed by atoms with Gasteiger partial charge in [-0.3, -0.25) is 14.6 Å². The van der Waals surface area contributed by atoms with Crippen molar-refractivity contribution >= 4 is 44.3 Å². The molecule has 1 atom stereocenters. The zero-order chi connectivity index (χ0) is 26.1. The number of hydrogen-bond acceptors (Lipinski definition) is 6. The van der Waals surface area contributed by atoms with Gasteiger partial charge in [0.1, 0.15) is 5.58 Å². The number of aliphatic hydroxyl groups excluding tert-OH is 1. The molecule has 5 rings (SSSR count). The van der Waals surface area contributed by atoms with Crippen molar-refractivity contribution in [3.05, 3.63) is 106 Å². The average Bonchev–Trinajstić information content (AvgIpc) is 3.44. The highest BCUT2D eigenvalue weighted by molar-refractivity contribution is 9.10. The Morgan fingerprint density at radius 3 is 2.43 bits per heavy atom. The van der Waals surface area contributed by atoms with Crippen LogP contribution in [0.5, 0.6) is 0 Å². The SMILES string of the molecule is CCN(CC)c1ccc(C2C(C(=O)c3cc4cc(Br)ccc4o3)=C(O)C(=O)N2Cc2ccncc2)cc1. The fourth-order valence-corrected chi connectivity index (χ4v) is 5.17. The molecule has 2 aromatic carbocycles. The molecule has 0 fully saturated rings. The third-order valence-corrected chi connectivity index (χ3v) is 7.18. The summed E-state index contributed by atoms with van der Waals surface area (Å²) in [6.45, 7) is 6.11. The van der Waals surface area contributed by atoms with E-state index < -0.39 is 23.5 Å². The molecule has 8 heteroatoms. The Balaban J connectivity index is 1.58. The number of Topliss-reactive ketones (excluding diaryl/α,β-unsaturated/α-hetero) is 1. The van der Waals surface area contributed by atoms with Crippen LogP contribution in [0.15, 0.2) is 93.3 Å². The number of pyridine rings is 1. The van der Waals surface area contributed by atoms with E-state index in [-0.39, 0.29) is 17.9 Å². The maximum atomic E-state index is 13.8. The van der Waals surface area contributed by atoms with Crippen LogP contribution >= 0.6 is 15.9 Å². The molecule has 1 aliphatic rings. The molecule has 37 heavy (non-hydrogen) atoms. The Hall–Kier alpha value is -3.91. The number of aliphatic hydroxyl groups is 1. The van der Waals surface area contributed by atoms with Crippen LogP contribution in [-0.4, -0.2) is 39.8 Å². The summed E-state index contributed by atoms with van der Waals surface area (Å²) in [7, 11) is 0. The number of ketones is 1. The summed E-state index contributed by atoms with van der Waals surface area (Å²) < 4.78 is 6.69. The molecule has 1 aliphatic heterocycles. The number of carbonyl (C=O) groups excluding carboxylic acids is 2. The van der Waals surface area contributed by atoms with Gasteiger partial charge in [0.2, 0.25) is 5.78 Å². The molecule has 4 aromatic rings. The first-order valence-electron chi connectivity index (χ1n) is 12.1. The van der Waals surface area contributed by atoms with Gasteiger partial charge < -0.3 is 19.3 Å². The quantitative estimate of drug-likeness (QED) is 0.258. The average molecular weight is 560 g/mol. The number of hydrogen-bond donors (Lipinski definition) is 1. The lowest BCUT2D eigenvalue weighted by molar-refractivity contribution is -0.130. The van der Waals surface area contributed by atoms with Crippen molar-refractivity contribution in [2.24, 2.45) is 0 Å². The number of halogens is 1. The van der Waals surface area contributed by atoms with Crippen LogP contribution in [0.4, 0.5) is 5.69 Å². The highest BCUT2D eigenvalue weighted by Gasteiger charge is 2.44. The number of fused-ring (bicyclic) bond motifs is 1. The number of anilines is 1. The van der Waals surface area contributed by atoms with Crippen LogP contribution in [0.25, 0.3) is 11.0 Å². The lowest BCUT2D eigenvalue weighted by Gasteiger charge is -2.28. The van der Waals surface area contributed by atoms with Gasteiger partial charge in [0.25, 0.3) is 5.91 Å². The summed E-state index contributed by atoms with van der Waals surface area (Å²) in [5.41, 5.74) is 3.16. The molecule has 0 aliphatic carbocycles. The second kappa shape index (κ2) is 10.2. The van der Waals surface area contributed by atoms with Gasteiger partial charge in [0, 0.05) is 47.6 Å². The molecule has 2 aromatic heterocycles. The van der Waals surface area contributed by atoms with Gasteiger partial charge in [0.15, 0.2) is 11.5 Å². The molecule has 0 bridgehead atoms. The van der Waals surface area contributed by atoms with Crippen molar-refractivity contribution in [2.75, 3.05) is 18.0 Å².